The summed E-state index contributed by atoms with van der Waals surface area (Å²) in [5.74, 6) is 0.408. The fourth-order valence-corrected chi connectivity index (χ4v) is 4.87. The molecule has 0 bridgehead atoms. The third-order valence-electron chi connectivity index (χ3n) is 3.69. The van der Waals surface area contributed by atoms with Gasteiger partial charge in [-0.05, 0) is 36.8 Å². The molecule has 0 saturated heterocycles. The van der Waals surface area contributed by atoms with Crippen molar-refractivity contribution in [2.45, 2.75) is 23.6 Å². The van der Waals surface area contributed by atoms with Crippen LogP contribution in [0.2, 0.25) is 0 Å². The van der Waals surface area contributed by atoms with E-state index in [-0.39, 0.29) is 10.6 Å². The van der Waals surface area contributed by atoms with Crippen LogP contribution in [0.15, 0.2) is 34.5 Å². The Morgan fingerprint density at radius 2 is 1.81 bits per heavy atom. The molecule has 0 radical (unpaired) electrons. The van der Waals surface area contributed by atoms with E-state index in [9.17, 15) is 13.2 Å². The molecule has 1 atom stereocenters. The molecule has 0 aliphatic rings. The van der Waals surface area contributed by atoms with Crippen LogP contribution in [-0.2, 0) is 19.6 Å². The Morgan fingerprint density at radius 3 is 2.35 bits per heavy atom. The normalized spacial score (nSPS) is 12.5. The Morgan fingerprint density at radius 1 is 1.12 bits per heavy atom. The van der Waals surface area contributed by atoms with E-state index in [0.29, 0.717) is 17.1 Å². The Hall–Kier alpha value is -2.10. The van der Waals surface area contributed by atoms with Crippen LogP contribution in [0.5, 0.6) is 11.5 Å². The highest BCUT2D eigenvalue weighted by molar-refractivity contribution is 7.91. The van der Waals surface area contributed by atoms with Gasteiger partial charge in [0.25, 0.3) is 10.0 Å². The van der Waals surface area contributed by atoms with Crippen molar-refractivity contribution in [1.82, 2.24) is 4.72 Å². The van der Waals surface area contributed by atoms with Crippen molar-refractivity contribution in [3.63, 3.8) is 0 Å². The van der Waals surface area contributed by atoms with Crippen molar-refractivity contribution < 1.29 is 27.4 Å². The molecule has 0 aliphatic carbocycles. The lowest BCUT2D eigenvalue weighted by atomic mass is 10.0. The Balaban J connectivity index is 2.39. The number of nitrogens with one attached hydrogen (secondary N) is 1. The first-order valence-electron chi connectivity index (χ1n) is 7.68. The third-order valence-corrected chi connectivity index (χ3v) is 6.65. The summed E-state index contributed by atoms with van der Waals surface area (Å²) in [4.78, 5) is 12.7. The molecule has 142 valence electrons. The summed E-state index contributed by atoms with van der Waals surface area (Å²) in [5.41, 5.74) is 0.560. The van der Waals surface area contributed by atoms with Crippen LogP contribution >= 0.6 is 11.3 Å². The second kappa shape index (κ2) is 8.52. The molecule has 1 heterocycles. The average molecular weight is 399 g/mol. The number of carbonyl (C=O) groups excluding carboxylic acids is 1. The molecule has 26 heavy (non-hydrogen) atoms. The van der Waals surface area contributed by atoms with Crippen molar-refractivity contribution in [2.75, 3.05) is 21.3 Å². The number of sulfonamides is 1. The lowest BCUT2D eigenvalue weighted by Crippen LogP contribution is -2.30. The smallest absolute Gasteiger partial charge is 0.307 e. The largest absolute Gasteiger partial charge is 0.493 e. The Bertz CT molecular complexity index is 875. The SMILES string of the molecule is COC(=O)C[C@@H](NS(=O)(=O)c1ccc(C)s1)c1ccc(OC)c(OC)c1. The number of aryl methyl sites for hydroxylation is 1. The van der Waals surface area contributed by atoms with E-state index in [1.54, 1.807) is 24.3 Å². The molecule has 1 N–H and O–H groups in total. The number of carbonyl (C=O) groups is 1. The van der Waals surface area contributed by atoms with Crippen molar-refractivity contribution >= 4 is 27.3 Å². The summed E-state index contributed by atoms with van der Waals surface area (Å²) in [6, 6.07) is 7.42. The van der Waals surface area contributed by atoms with Gasteiger partial charge in [0.1, 0.15) is 4.21 Å². The summed E-state index contributed by atoms with van der Waals surface area (Å²) >= 11 is 1.16. The van der Waals surface area contributed by atoms with E-state index in [4.69, 9.17) is 14.2 Å². The van der Waals surface area contributed by atoms with Crippen LogP contribution < -0.4 is 14.2 Å². The number of methoxy groups -OCH3 is 3. The van der Waals surface area contributed by atoms with Gasteiger partial charge in [-0.25, -0.2) is 13.1 Å². The van der Waals surface area contributed by atoms with E-state index in [2.05, 4.69) is 4.72 Å². The number of hydrogen-bond acceptors (Lipinski definition) is 7. The van der Waals surface area contributed by atoms with Crippen molar-refractivity contribution in [3.05, 3.63) is 40.8 Å². The maximum absolute atomic E-state index is 12.7. The Kier molecular flexibility index (Phi) is 6.63. The molecule has 7 nitrogen and oxygen atoms in total. The summed E-state index contributed by atoms with van der Waals surface area (Å²) in [5, 5.41) is 0. The van der Waals surface area contributed by atoms with Gasteiger partial charge in [0.05, 0.1) is 33.8 Å². The fourth-order valence-electron chi connectivity index (χ4n) is 2.35. The summed E-state index contributed by atoms with van der Waals surface area (Å²) in [6.45, 7) is 1.82. The standard InChI is InChI=1S/C17H21NO6S2/c1-11-5-8-17(25-11)26(20,21)18-13(10-16(19)24-4)12-6-7-14(22-2)15(9-12)23-3/h5-9,13,18H,10H2,1-4H3/t13-/m1/s1. The lowest BCUT2D eigenvalue weighted by Gasteiger charge is -2.19. The predicted octanol–water partition coefficient (Wildman–Crippen LogP) is 2.66. The first-order chi connectivity index (χ1) is 12.3. The van der Waals surface area contributed by atoms with Gasteiger partial charge in [0, 0.05) is 4.88 Å². The molecular weight excluding hydrogens is 378 g/mol. The molecule has 0 amide bonds. The van der Waals surface area contributed by atoms with Gasteiger partial charge in [-0.1, -0.05) is 6.07 Å². The highest BCUT2D eigenvalue weighted by atomic mass is 32.2. The number of ether oxygens (including phenoxy) is 3. The van der Waals surface area contributed by atoms with Gasteiger partial charge < -0.3 is 14.2 Å². The van der Waals surface area contributed by atoms with Crippen LogP contribution in [0, 0.1) is 6.92 Å². The van der Waals surface area contributed by atoms with Gasteiger partial charge >= 0.3 is 5.97 Å². The number of thiophene rings is 1. The summed E-state index contributed by atoms with van der Waals surface area (Å²) in [6.07, 6.45) is -0.157. The van der Waals surface area contributed by atoms with Gasteiger partial charge in [0.15, 0.2) is 11.5 Å². The zero-order chi connectivity index (χ0) is 19.3. The number of esters is 1. The van der Waals surface area contributed by atoms with Crippen molar-refractivity contribution in [1.29, 1.82) is 0 Å². The zero-order valence-corrected chi connectivity index (χ0v) is 16.6. The quantitative estimate of drug-likeness (QED) is 0.686. The zero-order valence-electron chi connectivity index (χ0n) is 14.9. The van der Waals surface area contributed by atoms with E-state index >= 15 is 0 Å². The minimum Gasteiger partial charge on any atom is -0.493 e. The van der Waals surface area contributed by atoms with Crippen molar-refractivity contribution in [2.24, 2.45) is 0 Å². The van der Waals surface area contributed by atoms with Crippen LogP contribution in [0.25, 0.3) is 0 Å². The van der Waals surface area contributed by atoms with Gasteiger partial charge in [-0.3, -0.25) is 4.79 Å². The second-order valence-electron chi connectivity index (χ2n) is 5.43. The van der Waals surface area contributed by atoms with Crippen LogP contribution in [0.1, 0.15) is 22.9 Å². The molecular formula is C17H21NO6S2. The number of hydrogen-bond donors (Lipinski definition) is 1. The third kappa shape index (κ3) is 4.75. The van der Waals surface area contributed by atoms with Gasteiger partial charge in [-0.15, -0.1) is 11.3 Å². The number of rotatable bonds is 8. The molecule has 1 aromatic carbocycles. The Labute approximate surface area is 156 Å². The van der Waals surface area contributed by atoms with E-state index < -0.39 is 22.0 Å². The first-order valence-corrected chi connectivity index (χ1v) is 9.98. The molecule has 0 unspecified atom stereocenters. The maximum Gasteiger partial charge on any atom is 0.307 e. The molecule has 0 fully saturated rings. The molecule has 0 aliphatic heterocycles. The summed E-state index contributed by atoms with van der Waals surface area (Å²) in [7, 11) is 0.455. The molecule has 9 heteroatoms. The first kappa shape index (κ1) is 20.2. The fraction of sp³-hybridized carbons (Fsp3) is 0.353. The average Bonchev–Trinajstić information content (AvgIpc) is 3.07. The molecule has 2 rings (SSSR count). The molecule has 1 aromatic heterocycles. The summed E-state index contributed by atoms with van der Waals surface area (Å²) < 4.78 is 43.3. The van der Waals surface area contributed by atoms with Crippen LogP contribution in [0.4, 0.5) is 0 Å². The highest BCUT2D eigenvalue weighted by Crippen LogP contribution is 2.32. The van der Waals surface area contributed by atoms with Crippen molar-refractivity contribution in [3.8, 4) is 11.5 Å². The van der Waals surface area contributed by atoms with E-state index in [0.717, 1.165) is 16.2 Å². The lowest BCUT2D eigenvalue weighted by molar-refractivity contribution is -0.141. The van der Waals surface area contributed by atoms with Crippen LogP contribution in [0.3, 0.4) is 0 Å². The highest BCUT2D eigenvalue weighted by Gasteiger charge is 2.26. The minimum atomic E-state index is -3.79. The van der Waals surface area contributed by atoms with Gasteiger partial charge in [-0.2, -0.15) is 0 Å². The molecule has 0 spiro atoms. The van der Waals surface area contributed by atoms with E-state index in [1.807, 2.05) is 6.92 Å². The van der Waals surface area contributed by atoms with E-state index in [1.165, 1.54) is 27.4 Å². The second-order valence-corrected chi connectivity index (χ2v) is 8.66. The molecule has 0 saturated carbocycles. The molecule has 2 aromatic rings. The topological polar surface area (TPSA) is 90.9 Å². The predicted molar refractivity (Wildman–Crippen MR) is 98.3 cm³/mol. The van der Waals surface area contributed by atoms with Gasteiger partial charge in [0.2, 0.25) is 0 Å². The monoisotopic (exact) mass is 399 g/mol. The number of benzene rings is 1. The maximum atomic E-state index is 12.7. The van der Waals surface area contributed by atoms with Crippen LogP contribution in [-0.4, -0.2) is 35.7 Å². The minimum absolute atomic E-state index is 0.157.